The largest absolute Gasteiger partial charge is 0.379 e. The van der Waals surface area contributed by atoms with E-state index in [4.69, 9.17) is 4.74 Å². The second kappa shape index (κ2) is 10.7. The lowest BCUT2D eigenvalue weighted by atomic mass is 10.1. The molecule has 1 amide bonds. The van der Waals surface area contributed by atoms with Crippen LogP contribution in [0, 0.1) is 5.82 Å². The van der Waals surface area contributed by atoms with Crippen LogP contribution in [-0.2, 0) is 21.3 Å². The Labute approximate surface area is 182 Å². The fourth-order valence-electron chi connectivity index (χ4n) is 3.39. The van der Waals surface area contributed by atoms with Gasteiger partial charge in [0.2, 0.25) is 10.0 Å². The van der Waals surface area contributed by atoms with Crippen LogP contribution in [-0.4, -0.2) is 64.9 Å². The van der Waals surface area contributed by atoms with Gasteiger partial charge in [-0.1, -0.05) is 18.2 Å². The van der Waals surface area contributed by atoms with Crippen molar-refractivity contribution in [1.29, 1.82) is 0 Å². The third kappa shape index (κ3) is 6.75. The van der Waals surface area contributed by atoms with Crippen LogP contribution in [0.5, 0.6) is 0 Å². The molecule has 1 aliphatic rings. The summed E-state index contributed by atoms with van der Waals surface area (Å²) in [6.07, 6.45) is 1.91. The zero-order valence-corrected chi connectivity index (χ0v) is 18.4. The van der Waals surface area contributed by atoms with Gasteiger partial charge in [-0.05, 0) is 43.3 Å². The van der Waals surface area contributed by atoms with Gasteiger partial charge in [-0.2, -0.15) is 0 Å². The highest BCUT2D eigenvalue weighted by Gasteiger charge is 2.20. The molecule has 0 aliphatic carbocycles. The monoisotopic (exact) mass is 449 g/mol. The first-order valence-electron chi connectivity index (χ1n) is 10.2. The highest BCUT2D eigenvalue weighted by atomic mass is 32.2. The zero-order chi connectivity index (χ0) is 22.3. The highest BCUT2D eigenvalue weighted by Crippen LogP contribution is 2.22. The molecule has 0 aromatic heterocycles. The molecule has 0 unspecified atom stereocenters. The number of morpholine rings is 1. The first-order valence-corrected chi connectivity index (χ1v) is 12.1. The first kappa shape index (κ1) is 23.2. The van der Waals surface area contributed by atoms with Gasteiger partial charge < -0.3 is 10.1 Å². The van der Waals surface area contributed by atoms with Crippen LogP contribution in [0.1, 0.15) is 22.3 Å². The summed E-state index contributed by atoms with van der Waals surface area (Å²) in [4.78, 5) is 14.7. The van der Waals surface area contributed by atoms with Crippen molar-refractivity contribution in [2.45, 2.75) is 13.0 Å². The summed E-state index contributed by atoms with van der Waals surface area (Å²) in [5.74, 6) is -0.683. The van der Waals surface area contributed by atoms with Gasteiger partial charge in [0.25, 0.3) is 5.91 Å². The fourth-order valence-corrected chi connectivity index (χ4v) is 4.27. The van der Waals surface area contributed by atoms with Crippen LogP contribution in [0.4, 0.5) is 10.1 Å². The summed E-state index contributed by atoms with van der Waals surface area (Å²) >= 11 is 0. The van der Waals surface area contributed by atoms with Gasteiger partial charge in [0.15, 0.2) is 0 Å². The minimum Gasteiger partial charge on any atom is -0.379 e. The van der Waals surface area contributed by atoms with E-state index in [2.05, 4.69) is 10.2 Å². The molecule has 3 rings (SSSR count). The topological polar surface area (TPSA) is 79.0 Å². The van der Waals surface area contributed by atoms with Crippen molar-refractivity contribution in [3.8, 4) is 0 Å². The molecule has 0 spiro atoms. The third-order valence-corrected chi connectivity index (χ3v) is 6.27. The summed E-state index contributed by atoms with van der Waals surface area (Å²) in [5, 5.41) is 2.89. The van der Waals surface area contributed by atoms with Crippen molar-refractivity contribution in [1.82, 2.24) is 10.2 Å². The van der Waals surface area contributed by atoms with E-state index in [9.17, 15) is 17.6 Å². The smallest absolute Gasteiger partial charge is 0.251 e. The molecule has 7 nitrogen and oxygen atoms in total. The Bertz CT molecular complexity index is 977. The van der Waals surface area contributed by atoms with Gasteiger partial charge in [-0.15, -0.1) is 0 Å². The number of benzene rings is 2. The van der Waals surface area contributed by atoms with E-state index >= 15 is 0 Å². The maximum Gasteiger partial charge on any atom is 0.251 e. The highest BCUT2D eigenvalue weighted by molar-refractivity contribution is 7.92. The van der Waals surface area contributed by atoms with Crippen molar-refractivity contribution in [3.63, 3.8) is 0 Å². The number of nitrogens with zero attached hydrogens (tertiary/aromatic N) is 2. The number of carbonyl (C=O) groups excluding carboxylic acids is 1. The quantitative estimate of drug-likeness (QED) is 0.594. The number of nitrogens with one attached hydrogen (secondary N) is 1. The molecule has 2 aromatic rings. The van der Waals surface area contributed by atoms with Crippen LogP contribution in [0.15, 0.2) is 48.5 Å². The molecule has 168 valence electrons. The average molecular weight is 450 g/mol. The van der Waals surface area contributed by atoms with E-state index < -0.39 is 15.8 Å². The molecule has 0 bridgehead atoms. The van der Waals surface area contributed by atoms with E-state index in [1.165, 1.54) is 6.07 Å². The molecule has 2 aromatic carbocycles. The number of halogens is 1. The summed E-state index contributed by atoms with van der Waals surface area (Å²) in [7, 11) is -3.64. The molecule has 0 radical (unpaired) electrons. The molecule has 0 saturated carbocycles. The number of anilines is 1. The zero-order valence-electron chi connectivity index (χ0n) is 17.6. The van der Waals surface area contributed by atoms with Gasteiger partial charge in [0.1, 0.15) is 5.82 Å². The lowest BCUT2D eigenvalue weighted by molar-refractivity contribution is 0.0374. The second-order valence-electron chi connectivity index (χ2n) is 7.47. The SMILES string of the molecule is CS(=O)(=O)N(Cc1ccccc1F)c1ccc(C(=O)NCCCN2CCOCC2)cc1. The Hall–Kier alpha value is -2.49. The van der Waals surface area contributed by atoms with Crippen LogP contribution in [0.2, 0.25) is 0 Å². The van der Waals surface area contributed by atoms with Gasteiger partial charge in [-0.3, -0.25) is 14.0 Å². The van der Waals surface area contributed by atoms with Gasteiger partial charge in [-0.25, -0.2) is 12.8 Å². The molecule has 1 saturated heterocycles. The lowest BCUT2D eigenvalue weighted by Crippen LogP contribution is -2.38. The summed E-state index contributed by atoms with van der Waals surface area (Å²) in [6, 6.07) is 12.3. The summed E-state index contributed by atoms with van der Waals surface area (Å²) in [5.41, 5.74) is 1.08. The average Bonchev–Trinajstić information content (AvgIpc) is 2.76. The molecule has 9 heteroatoms. The standard InChI is InChI=1S/C22H28FN3O4S/c1-31(28,29)26(17-19-5-2-3-6-21(19)23)20-9-7-18(8-10-20)22(27)24-11-4-12-25-13-15-30-16-14-25/h2-3,5-10H,4,11-17H2,1H3,(H,24,27). The van der Waals surface area contributed by atoms with Crippen molar-refractivity contribution >= 4 is 21.6 Å². The van der Waals surface area contributed by atoms with E-state index in [1.807, 2.05) is 0 Å². The molecule has 1 heterocycles. The molecule has 0 atom stereocenters. The second-order valence-corrected chi connectivity index (χ2v) is 9.38. The molecule has 1 aliphatic heterocycles. The Balaban J connectivity index is 1.58. The van der Waals surface area contributed by atoms with Crippen molar-refractivity contribution < 1.29 is 22.3 Å². The number of amides is 1. The number of ether oxygens (including phenoxy) is 1. The number of hydrogen-bond donors (Lipinski definition) is 1. The van der Waals surface area contributed by atoms with E-state index in [-0.39, 0.29) is 18.0 Å². The molecule has 31 heavy (non-hydrogen) atoms. The molecular weight excluding hydrogens is 421 g/mol. The molecule has 1 fully saturated rings. The number of hydrogen-bond acceptors (Lipinski definition) is 5. The van der Waals surface area contributed by atoms with Crippen LogP contribution in [0.25, 0.3) is 0 Å². The minimum absolute atomic E-state index is 0.126. The normalized spacial score (nSPS) is 14.9. The number of sulfonamides is 1. The van der Waals surface area contributed by atoms with Crippen LogP contribution < -0.4 is 9.62 Å². The number of carbonyl (C=O) groups is 1. The van der Waals surface area contributed by atoms with Crippen molar-refractivity contribution in [2.75, 3.05) is 50.0 Å². The fraction of sp³-hybridized carbons (Fsp3) is 0.409. The Kier molecular flexibility index (Phi) is 8.00. The molecular formula is C22H28FN3O4S. The predicted molar refractivity (Wildman–Crippen MR) is 118 cm³/mol. The molecule has 1 N–H and O–H groups in total. The Morgan fingerprint density at radius 3 is 2.45 bits per heavy atom. The maximum absolute atomic E-state index is 14.0. The van der Waals surface area contributed by atoms with E-state index in [0.29, 0.717) is 17.8 Å². The van der Waals surface area contributed by atoms with Gasteiger partial charge >= 0.3 is 0 Å². The third-order valence-electron chi connectivity index (χ3n) is 5.13. The van der Waals surface area contributed by atoms with E-state index in [1.54, 1.807) is 42.5 Å². The Morgan fingerprint density at radius 2 is 1.81 bits per heavy atom. The predicted octanol–water partition coefficient (Wildman–Crippen LogP) is 2.24. The summed E-state index contributed by atoms with van der Waals surface area (Å²) < 4.78 is 45.0. The lowest BCUT2D eigenvalue weighted by Gasteiger charge is -2.26. The minimum atomic E-state index is -3.64. The Morgan fingerprint density at radius 1 is 1.13 bits per heavy atom. The van der Waals surface area contributed by atoms with E-state index in [0.717, 1.165) is 49.8 Å². The van der Waals surface area contributed by atoms with Gasteiger partial charge in [0.05, 0.1) is 31.7 Å². The van der Waals surface area contributed by atoms with Gasteiger partial charge in [0, 0.05) is 30.8 Å². The summed E-state index contributed by atoms with van der Waals surface area (Å²) in [6.45, 7) is 4.67. The van der Waals surface area contributed by atoms with Crippen molar-refractivity contribution in [3.05, 3.63) is 65.5 Å². The maximum atomic E-state index is 14.0. The van der Waals surface area contributed by atoms with Crippen LogP contribution in [0.3, 0.4) is 0 Å². The first-order chi connectivity index (χ1) is 14.8. The number of rotatable bonds is 9. The van der Waals surface area contributed by atoms with Crippen molar-refractivity contribution in [2.24, 2.45) is 0 Å². The van der Waals surface area contributed by atoms with Crippen LogP contribution >= 0.6 is 0 Å².